The molecule has 24 heavy (non-hydrogen) atoms. The van der Waals surface area contributed by atoms with E-state index in [1.807, 2.05) is 0 Å². The average Bonchev–Trinajstić information content (AvgIpc) is 2.50. The fraction of sp³-hybridized carbons (Fsp3) is 0.471. The molecule has 7 heteroatoms. The van der Waals surface area contributed by atoms with Crippen molar-refractivity contribution in [1.29, 1.82) is 0 Å². The zero-order valence-corrected chi connectivity index (χ0v) is 15.0. The van der Waals surface area contributed by atoms with Crippen LogP contribution in [0.3, 0.4) is 0 Å². The summed E-state index contributed by atoms with van der Waals surface area (Å²) in [5.41, 5.74) is -0.812. The molecular formula is C17H23ClN2O4. The Hall–Kier alpha value is -2.08. The zero-order valence-electron chi connectivity index (χ0n) is 14.2. The molecule has 6 nitrogen and oxygen atoms in total. The molecule has 1 unspecified atom stereocenters. The van der Waals surface area contributed by atoms with Gasteiger partial charge in [-0.1, -0.05) is 37.6 Å². The van der Waals surface area contributed by atoms with E-state index in [0.717, 1.165) is 0 Å². The Morgan fingerprint density at radius 2 is 1.79 bits per heavy atom. The first kappa shape index (κ1) is 20.0. The maximum Gasteiger partial charge on any atom is 0.310 e. The van der Waals surface area contributed by atoms with Crippen LogP contribution in [0.2, 0.25) is 5.02 Å². The predicted molar refractivity (Wildman–Crippen MR) is 92.0 cm³/mol. The van der Waals surface area contributed by atoms with E-state index < -0.39 is 29.2 Å². The topological polar surface area (TPSA) is 95.5 Å². The lowest BCUT2D eigenvalue weighted by Crippen LogP contribution is -2.52. The summed E-state index contributed by atoms with van der Waals surface area (Å²) in [7, 11) is 0. The molecule has 1 aromatic carbocycles. The number of nitrogens with one attached hydrogen (secondary N) is 2. The van der Waals surface area contributed by atoms with E-state index in [1.54, 1.807) is 38.1 Å². The fourth-order valence-corrected chi connectivity index (χ4v) is 2.11. The van der Waals surface area contributed by atoms with Gasteiger partial charge in [0.2, 0.25) is 5.91 Å². The summed E-state index contributed by atoms with van der Waals surface area (Å²) in [5, 5.41) is 14.6. The summed E-state index contributed by atoms with van der Waals surface area (Å²) in [5.74, 6) is -2.07. The number of carbonyl (C=O) groups excluding carboxylic acids is 2. The molecular weight excluding hydrogens is 332 g/mol. The number of carboxylic acids is 1. The summed E-state index contributed by atoms with van der Waals surface area (Å²) in [6.07, 6.45) is 0. The number of benzene rings is 1. The van der Waals surface area contributed by atoms with Crippen LogP contribution in [0.25, 0.3) is 0 Å². The second-order valence-electron chi connectivity index (χ2n) is 6.58. The van der Waals surface area contributed by atoms with Crippen molar-refractivity contribution in [3.05, 3.63) is 34.9 Å². The van der Waals surface area contributed by atoms with Gasteiger partial charge in [0.05, 0.1) is 16.0 Å². The Kier molecular flexibility index (Phi) is 6.78. The molecule has 1 atom stereocenters. The first-order chi connectivity index (χ1) is 11.1. The van der Waals surface area contributed by atoms with Crippen molar-refractivity contribution in [3.63, 3.8) is 0 Å². The standard InChI is InChI=1S/C17H23ClN2O4/c1-10(2)13(15(22)19-9-17(3,4)16(23)24)20-14(21)11-7-5-6-8-12(11)18/h5-8,10,13H,9H2,1-4H3,(H,19,22)(H,20,21)(H,23,24). The number of hydrogen-bond donors (Lipinski definition) is 3. The number of amides is 2. The Balaban J connectivity index is 2.80. The highest BCUT2D eigenvalue weighted by Gasteiger charge is 2.30. The molecule has 2 amide bonds. The lowest BCUT2D eigenvalue weighted by atomic mass is 9.93. The van der Waals surface area contributed by atoms with Gasteiger partial charge < -0.3 is 15.7 Å². The molecule has 0 aliphatic rings. The molecule has 3 N–H and O–H groups in total. The van der Waals surface area contributed by atoms with Crippen molar-refractivity contribution in [2.24, 2.45) is 11.3 Å². The van der Waals surface area contributed by atoms with Gasteiger partial charge in [0.25, 0.3) is 5.91 Å². The van der Waals surface area contributed by atoms with Gasteiger partial charge in [-0.05, 0) is 31.9 Å². The largest absolute Gasteiger partial charge is 0.481 e. The van der Waals surface area contributed by atoms with E-state index in [4.69, 9.17) is 16.7 Å². The van der Waals surface area contributed by atoms with Crippen molar-refractivity contribution in [3.8, 4) is 0 Å². The van der Waals surface area contributed by atoms with Crippen molar-refractivity contribution < 1.29 is 19.5 Å². The molecule has 0 saturated heterocycles. The number of halogens is 1. The van der Waals surface area contributed by atoms with Crippen LogP contribution in [-0.2, 0) is 9.59 Å². The minimum atomic E-state index is -1.09. The lowest BCUT2D eigenvalue weighted by molar-refractivity contribution is -0.146. The third-order valence-electron chi connectivity index (χ3n) is 3.64. The predicted octanol–water partition coefficient (Wildman–Crippen LogP) is 2.32. The summed E-state index contributed by atoms with van der Waals surface area (Å²) in [4.78, 5) is 35.8. The highest BCUT2D eigenvalue weighted by molar-refractivity contribution is 6.33. The second kappa shape index (κ2) is 8.15. The number of aliphatic carboxylic acids is 1. The zero-order chi connectivity index (χ0) is 18.5. The summed E-state index contributed by atoms with van der Waals surface area (Å²) < 4.78 is 0. The molecule has 0 fully saturated rings. The molecule has 0 radical (unpaired) electrons. The van der Waals surface area contributed by atoms with Gasteiger partial charge in [-0.25, -0.2) is 0 Å². The van der Waals surface area contributed by atoms with E-state index in [9.17, 15) is 14.4 Å². The first-order valence-electron chi connectivity index (χ1n) is 7.62. The molecule has 132 valence electrons. The SMILES string of the molecule is CC(C)C(NC(=O)c1ccccc1Cl)C(=O)NCC(C)(C)C(=O)O. The summed E-state index contributed by atoms with van der Waals surface area (Å²) in [6.45, 7) is 6.58. The molecule has 0 aromatic heterocycles. The number of carboxylic acid groups (broad SMARTS) is 1. The number of hydrogen-bond acceptors (Lipinski definition) is 3. The second-order valence-corrected chi connectivity index (χ2v) is 6.99. The van der Waals surface area contributed by atoms with Gasteiger partial charge in [-0.2, -0.15) is 0 Å². The van der Waals surface area contributed by atoms with Crippen LogP contribution >= 0.6 is 11.6 Å². The quantitative estimate of drug-likeness (QED) is 0.700. The highest BCUT2D eigenvalue weighted by atomic mass is 35.5. The summed E-state index contributed by atoms with van der Waals surface area (Å²) >= 11 is 5.99. The van der Waals surface area contributed by atoms with Crippen molar-refractivity contribution >= 4 is 29.4 Å². The minimum absolute atomic E-state index is 0.0354. The fourth-order valence-electron chi connectivity index (χ4n) is 1.89. The third-order valence-corrected chi connectivity index (χ3v) is 3.97. The van der Waals surface area contributed by atoms with E-state index in [2.05, 4.69) is 10.6 Å². The van der Waals surface area contributed by atoms with Gasteiger partial charge in [-0.15, -0.1) is 0 Å². The van der Waals surface area contributed by atoms with E-state index >= 15 is 0 Å². The lowest BCUT2D eigenvalue weighted by Gasteiger charge is -2.25. The van der Waals surface area contributed by atoms with Gasteiger partial charge in [0.15, 0.2) is 0 Å². The number of rotatable bonds is 7. The van der Waals surface area contributed by atoms with Gasteiger partial charge in [-0.3, -0.25) is 14.4 Å². The Morgan fingerprint density at radius 3 is 2.29 bits per heavy atom. The smallest absolute Gasteiger partial charge is 0.310 e. The Morgan fingerprint density at radius 1 is 1.21 bits per heavy atom. The first-order valence-corrected chi connectivity index (χ1v) is 8.00. The van der Waals surface area contributed by atoms with Crippen LogP contribution in [0.5, 0.6) is 0 Å². The molecule has 1 aromatic rings. The van der Waals surface area contributed by atoms with Gasteiger partial charge in [0, 0.05) is 6.54 Å². The molecule has 0 spiro atoms. The van der Waals surface area contributed by atoms with Crippen LogP contribution in [0.15, 0.2) is 24.3 Å². The van der Waals surface area contributed by atoms with Crippen molar-refractivity contribution in [2.75, 3.05) is 6.54 Å². The van der Waals surface area contributed by atoms with Crippen molar-refractivity contribution in [2.45, 2.75) is 33.7 Å². The molecule has 0 saturated carbocycles. The van der Waals surface area contributed by atoms with Gasteiger partial charge in [0.1, 0.15) is 6.04 Å². The summed E-state index contributed by atoms with van der Waals surface area (Å²) in [6, 6.07) is 5.76. The van der Waals surface area contributed by atoms with Crippen LogP contribution in [0.1, 0.15) is 38.1 Å². The molecule has 0 aliphatic carbocycles. The van der Waals surface area contributed by atoms with Crippen LogP contribution in [0.4, 0.5) is 0 Å². The molecule has 0 bridgehead atoms. The van der Waals surface area contributed by atoms with Crippen LogP contribution in [0, 0.1) is 11.3 Å². The molecule has 1 rings (SSSR count). The normalized spacial score (nSPS) is 12.6. The molecule has 0 aliphatic heterocycles. The van der Waals surface area contributed by atoms with E-state index in [0.29, 0.717) is 5.02 Å². The van der Waals surface area contributed by atoms with E-state index in [1.165, 1.54) is 13.8 Å². The number of carbonyl (C=O) groups is 3. The Bertz CT molecular complexity index is 629. The maximum atomic E-state index is 12.4. The minimum Gasteiger partial charge on any atom is -0.481 e. The highest BCUT2D eigenvalue weighted by Crippen LogP contribution is 2.16. The van der Waals surface area contributed by atoms with Crippen LogP contribution in [-0.4, -0.2) is 35.5 Å². The monoisotopic (exact) mass is 354 g/mol. The van der Waals surface area contributed by atoms with Crippen LogP contribution < -0.4 is 10.6 Å². The Labute approximate surface area is 146 Å². The van der Waals surface area contributed by atoms with Crippen molar-refractivity contribution in [1.82, 2.24) is 10.6 Å². The third kappa shape index (κ3) is 5.23. The van der Waals surface area contributed by atoms with Gasteiger partial charge >= 0.3 is 5.97 Å². The molecule has 0 heterocycles. The maximum absolute atomic E-state index is 12.4. The average molecular weight is 355 g/mol. The van der Waals surface area contributed by atoms with E-state index in [-0.39, 0.29) is 18.0 Å².